The largest absolute Gasteiger partial charge is 0.356 e. The number of sulfonamides is 1. The molecule has 3 rings (SSSR count). The maximum atomic E-state index is 13.2. The lowest BCUT2D eigenvalue weighted by Gasteiger charge is -2.32. The summed E-state index contributed by atoms with van der Waals surface area (Å²) >= 11 is 0. The van der Waals surface area contributed by atoms with Crippen LogP contribution in [-0.2, 0) is 14.8 Å². The molecule has 1 aliphatic rings. The van der Waals surface area contributed by atoms with Crippen LogP contribution >= 0.6 is 0 Å². The molecule has 0 aromatic heterocycles. The summed E-state index contributed by atoms with van der Waals surface area (Å²) in [6.07, 6.45) is 1.51. The minimum absolute atomic E-state index is 0.0171. The minimum Gasteiger partial charge on any atom is -0.356 e. The maximum Gasteiger partial charge on any atom is 0.262 e. The van der Waals surface area contributed by atoms with Gasteiger partial charge in [-0.1, -0.05) is 37.6 Å². The van der Waals surface area contributed by atoms with Gasteiger partial charge in [0, 0.05) is 30.9 Å². The number of hydrogen-bond acceptors (Lipinski definition) is 4. The number of nitrogens with one attached hydrogen (secondary N) is 2. The Labute approximate surface area is 203 Å². The van der Waals surface area contributed by atoms with Crippen LogP contribution in [-0.4, -0.2) is 44.8 Å². The molecule has 2 N–H and O–H groups in total. The van der Waals surface area contributed by atoms with Gasteiger partial charge in [-0.25, -0.2) is 8.42 Å². The zero-order chi connectivity index (χ0) is 25.0. The lowest BCUT2D eigenvalue weighted by molar-refractivity contribution is -0.126. The molecular weight excluding hydrogens is 450 g/mol. The van der Waals surface area contributed by atoms with Crippen molar-refractivity contribution in [2.24, 2.45) is 11.8 Å². The van der Waals surface area contributed by atoms with Crippen LogP contribution in [0.2, 0.25) is 0 Å². The topological polar surface area (TPSA) is 95.6 Å². The predicted molar refractivity (Wildman–Crippen MR) is 134 cm³/mol. The summed E-state index contributed by atoms with van der Waals surface area (Å²) in [7, 11) is -3.82. The average molecular weight is 486 g/mol. The normalized spacial score (nSPS) is 16.4. The summed E-state index contributed by atoms with van der Waals surface area (Å²) in [6.45, 7) is 11.1. The first-order chi connectivity index (χ1) is 16.0. The fourth-order valence-corrected chi connectivity index (χ4v) is 6.02. The summed E-state index contributed by atoms with van der Waals surface area (Å²) in [5, 5.41) is 2.96. The van der Waals surface area contributed by atoms with E-state index in [1.54, 1.807) is 43.0 Å². The molecule has 1 heterocycles. The molecule has 0 spiro atoms. The Hall–Kier alpha value is -2.87. The van der Waals surface area contributed by atoms with E-state index in [2.05, 4.69) is 10.0 Å². The highest BCUT2D eigenvalue weighted by molar-refractivity contribution is 7.92. The number of rotatable bonds is 7. The third-order valence-corrected chi connectivity index (χ3v) is 7.68. The van der Waals surface area contributed by atoms with Crippen LogP contribution in [0, 0.1) is 32.6 Å². The van der Waals surface area contributed by atoms with Gasteiger partial charge in [0.2, 0.25) is 5.91 Å². The Bertz CT molecular complexity index is 1150. The molecule has 0 radical (unpaired) electrons. The van der Waals surface area contributed by atoms with E-state index in [0.29, 0.717) is 47.9 Å². The minimum atomic E-state index is -3.82. The Balaban J connectivity index is 1.75. The number of amides is 2. The molecule has 0 unspecified atom stereocenters. The third kappa shape index (κ3) is 6.17. The molecule has 7 nitrogen and oxygen atoms in total. The second-order valence-electron chi connectivity index (χ2n) is 9.64. The van der Waals surface area contributed by atoms with Crippen LogP contribution < -0.4 is 10.0 Å². The molecule has 0 bridgehead atoms. The van der Waals surface area contributed by atoms with Gasteiger partial charge in [0.05, 0.1) is 10.8 Å². The van der Waals surface area contributed by atoms with E-state index in [-0.39, 0.29) is 22.6 Å². The van der Waals surface area contributed by atoms with Gasteiger partial charge in [-0.15, -0.1) is 0 Å². The fourth-order valence-electron chi connectivity index (χ4n) is 4.52. The maximum absolute atomic E-state index is 13.2. The van der Waals surface area contributed by atoms with Crippen LogP contribution in [0.15, 0.2) is 41.3 Å². The van der Waals surface area contributed by atoms with Crippen molar-refractivity contribution in [3.05, 3.63) is 58.7 Å². The van der Waals surface area contributed by atoms with E-state index >= 15 is 0 Å². The lowest BCUT2D eigenvalue weighted by atomic mass is 9.96. The standard InChI is InChI=1S/C26H35N3O4S/c1-17(2)15-27-25(30)22-9-7-11-29(16-22)26(31)21-8-6-10-23(14-21)28-34(32,33)24-19(4)12-18(3)13-20(24)5/h6,8,10,12-14,17,22,28H,7,9,11,15-16H2,1-5H3,(H,27,30)/t22-/m0/s1. The van der Waals surface area contributed by atoms with Crippen molar-refractivity contribution in [3.8, 4) is 0 Å². The zero-order valence-corrected chi connectivity index (χ0v) is 21.5. The number of benzene rings is 2. The molecule has 1 fully saturated rings. The van der Waals surface area contributed by atoms with Gasteiger partial charge in [0.25, 0.3) is 15.9 Å². The van der Waals surface area contributed by atoms with Gasteiger partial charge in [-0.05, 0) is 68.9 Å². The summed E-state index contributed by atoms with van der Waals surface area (Å²) in [5.41, 5.74) is 3.06. The van der Waals surface area contributed by atoms with Gasteiger partial charge >= 0.3 is 0 Å². The number of nitrogens with zero attached hydrogens (tertiary/aromatic N) is 1. The number of carbonyl (C=O) groups is 2. The van der Waals surface area contributed by atoms with Crippen molar-refractivity contribution in [1.29, 1.82) is 0 Å². The molecule has 2 aromatic rings. The van der Waals surface area contributed by atoms with Crippen LogP contribution in [0.4, 0.5) is 5.69 Å². The van der Waals surface area contributed by atoms with E-state index in [1.165, 1.54) is 0 Å². The number of likely N-dealkylation sites (tertiary alicyclic amines) is 1. The van der Waals surface area contributed by atoms with E-state index in [1.807, 2.05) is 32.9 Å². The summed E-state index contributed by atoms with van der Waals surface area (Å²) in [4.78, 5) is 27.6. The molecule has 0 aliphatic carbocycles. The van der Waals surface area contributed by atoms with Crippen molar-refractivity contribution in [2.45, 2.75) is 52.4 Å². The molecule has 184 valence electrons. The van der Waals surface area contributed by atoms with Crippen LogP contribution in [0.25, 0.3) is 0 Å². The van der Waals surface area contributed by atoms with Crippen LogP contribution in [0.3, 0.4) is 0 Å². The van der Waals surface area contributed by atoms with E-state index in [9.17, 15) is 18.0 Å². The number of aryl methyl sites for hydroxylation is 3. The van der Waals surface area contributed by atoms with Crippen LogP contribution in [0.1, 0.15) is 53.7 Å². The third-order valence-electron chi connectivity index (χ3n) is 6.00. The van der Waals surface area contributed by atoms with Gasteiger partial charge < -0.3 is 10.2 Å². The highest BCUT2D eigenvalue weighted by Gasteiger charge is 2.29. The number of hydrogen-bond donors (Lipinski definition) is 2. The quantitative estimate of drug-likeness (QED) is 0.619. The van der Waals surface area contributed by atoms with Gasteiger partial charge in [-0.2, -0.15) is 0 Å². The van der Waals surface area contributed by atoms with Gasteiger partial charge in [0.15, 0.2) is 0 Å². The van der Waals surface area contributed by atoms with E-state index in [4.69, 9.17) is 0 Å². The number of carbonyl (C=O) groups excluding carboxylic acids is 2. The first kappa shape index (κ1) is 25.7. The Morgan fingerprint density at radius 3 is 2.41 bits per heavy atom. The average Bonchev–Trinajstić information content (AvgIpc) is 2.75. The Morgan fingerprint density at radius 1 is 1.09 bits per heavy atom. The molecule has 1 aliphatic heterocycles. The van der Waals surface area contributed by atoms with Gasteiger partial charge in [-0.3, -0.25) is 14.3 Å². The van der Waals surface area contributed by atoms with Crippen molar-refractivity contribution in [2.75, 3.05) is 24.4 Å². The molecule has 1 saturated heterocycles. The predicted octanol–water partition coefficient (Wildman–Crippen LogP) is 4.04. The van der Waals surface area contributed by atoms with Crippen molar-refractivity contribution >= 4 is 27.5 Å². The monoisotopic (exact) mass is 485 g/mol. The molecular formula is C26H35N3O4S. The number of anilines is 1. The number of piperidine rings is 1. The lowest BCUT2D eigenvalue weighted by Crippen LogP contribution is -2.46. The second-order valence-corrected chi connectivity index (χ2v) is 11.3. The second kappa shape index (κ2) is 10.6. The summed E-state index contributed by atoms with van der Waals surface area (Å²) in [6, 6.07) is 10.2. The molecule has 2 aromatic carbocycles. The SMILES string of the molecule is Cc1cc(C)c(S(=O)(=O)Nc2cccc(C(=O)N3CCC[C@H](C(=O)NCC(C)C)C3)c2)c(C)c1. The molecule has 1 atom stereocenters. The summed E-state index contributed by atoms with van der Waals surface area (Å²) in [5.74, 6) is -0.0865. The van der Waals surface area contributed by atoms with Crippen molar-refractivity contribution in [3.63, 3.8) is 0 Å². The molecule has 8 heteroatoms. The highest BCUT2D eigenvalue weighted by atomic mass is 32.2. The van der Waals surface area contributed by atoms with E-state index in [0.717, 1.165) is 18.4 Å². The van der Waals surface area contributed by atoms with Crippen molar-refractivity contribution < 1.29 is 18.0 Å². The van der Waals surface area contributed by atoms with E-state index < -0.39 is 10.0 Å². The van der Waals surface area contributed by atoms with Gasteiger partial charge in [0.1, 0.15) is 0 Å². The Kier molecular flexibility index (Phi) is 8.02. The highest BCUT2D eigenvalue weighted by Crippen LogP contribution is 2.25. The summed E-state index contributed by atoms with van der Waals surface area (Å²) < 4.78 is 28.9. The first-order valence-electron chi connectivity index (χ1n) is 11.8. The van der Waals surface area contributed by atoms with Crippen LogP contribution in [0.5, 0.6) is 0 Å². The molecule has 34 heavy (non-hydrogen) atoms. The molecule has 0 saturated carbocycles. The molecule has 2 amide bonds. The van der Waals surface area contributed by atoms with Crippen molar-refractivity contribution in [1.82, 2.24) is 10.2 Å². The first-order valence-corrected chi connectivity index (χ1v) is 13.2. The fraction of sp³-hybridized carbons (Fsp3) is 0.462. The smallest absolute Gasteiger partial charge is 0.262 e. The zero-order valence-electron chi connectivity index (χ0n) is 20.6. The Morgan fingerprint density at radius 2 is 1.76 bits per heavy atom.